The van der Waals surface area contributed by atoms with Crippen LogP contribution in [0.1, 0.15) is 6.92 Å². The molecular weight excluding hydrogens is 833 g/mol. The summed E-state index contributed by atoms with van der Waals surface area (Å²) in [7, 11) is -15.1. The molecule has 302 valence electrons. The second-order valence-corrected chi connectivity index (χ2v) is 16.5. The molecule has 1 amide bonds. The SMILES string of the molecule is CC(=O)[C@H](N=Nc1ccc(N=Nc2c(S(=O)(=O)O)cc3cc(S(=O)(=O)O)c(N=Nc4ccc(S(=O)(=O)O)c5ccccc45)c(O)c3c2N)cc1)C(=O)Nc1ccccc1. The smallest absolute Gasteiger partial charge is 0.296 e. The first-order valence-corrected chi connectivity index (χ1v) is 20.8. The molecule has 6 rings (SSSR count). The van der Waals surface area contributed by atoms with Crippen LogP contribution in [0.15, 0.2) is 149 Å². The highest BCUT2D eigenvalue weighted by Gasteiger charge is 2.28. The van der Waals surface area contributed by atoms with Gasteiger partial charge in [-0.3, -0.25) is 23.2 Å². The predicted molar refractivity (Wildman–Crippen MR) is 212 cm³/mol. The number of phenolic OH excluding ortho intramolecular Hbond substituents is 1. The van der Waals surface area contributed by atoms with Crippen molar-refractivity contribution < 1.29 is 53.6 Å². The largest absolute Gasteiger partial charge is 0.505 e. The fourth-order valence-electron chi connectivity index (χ4n) is 5.64. The molecule has 0 saturated carbocycles. The van der Waals surface area contributed by atoms with E-state index in [1.807, 2.05) is 0 Å². The van der Waals surface area contributed by atoms with Crippen LogP contribution < -0.4 is 11.1 Å². The van der Waals surface area contributed by atoms with Crippen LogP contribution in [0.4, 0.5) is 39.8 Å². The number of nitrogens with one attached hydrogen (secondary N) is 1. The number of amides is 1. The number of azo groups is 3. The summed E-state index contributed by atoms with van der Waals surface area (Å²) in [5, 5.41) is 36.7. The summed E-state index contributed by atoms with van der Waals surface area (Å²) in [6.07, 6.45) is 0. The Hall–Kier alpha value is -6.89. The number of nitrogen functional groups attached to an aromatic ring is 1. The van der Waals surface area contributed by atoms with Crippen LogP contribution in [-0.2, 0) is 39.9 Å². The van der Waals surface area contributed by atoms with Crippen LogP contribution in [0.2, 0.25) is 0 Å². The van der Waals surface area contributed by atoms with Gasteiger partial charge in [-0.2, -0.15) is 40.6 Å². The van der Waals surface area contributed by atoms with Crippen molar-refractivity contribution in [2.24, 2.45) is 30.7 Å². The number of carbonyl (C=O) groups is 2. The molecule has 59 heavy (non-hydrogen) atoms. The van der Waals surface area contributed by atoms with Crippen LogP contribution in [0.25, 0.3) is 21.5 Å². The molecule has 0 radical (unpaired) electrons. The summed E-state index contributed by atoms with van der Waals surface area (Å²) in [5.41, 5.74) is 4.67. The van der Waals surface area contributed by atoms with Gasteiger partial charge in [-0.1, -0.05) is 42.5 Å². The van der Waals surface area contributed by atoms with E-state index in [9.17, 15) is 53.6 Å². The Morgan fingerprint density at radius 3 is 1.73 bits per heavy atom. The van der Waals surface area contributed by atoms with Gasteiger partial charge in [0.05, 0.1) is 28.1 Å². The second kappa shape index (κ2) is 16.2. The van der Waals surface area contributed by atoms with Crippen molar-refractivity contribution in [2.45, 2.75) is 27.7 Å². The average Bonchev–Trinajstić information content (AvgIpc) is 3.16. The standard InChI is InChI=1S/C36H28N8O12S3/c1-19(45)32(36(47)38-21-7-3-2-4-8-21)42-39-22-11-13-23(14-12-22)40-43-33-28(58(51,52)53)17-20-18-29(59(54,55)56)34(35(46)30(20)31(33)37)44-41-26-15-16-27(57(48,49)50)25-10-6-5-9-24(25)26/h2-18,32,46H,37H2,1H3,(H,38,47)(H,48,49,50)(H,51,52,53)(H,54,55,56)/t32-/m0/s1. The summed E-state index contributed by atoms with van der Waals surface area (Å²) in [5.74, 6) is -2.32. The van der Waals surface area contributed by atoms with Crippen LogP contribution in [0.5, 0.6) is 5.75 Å². The predicted octanol–water partition coefficient (Wildman–Crippen LogP) is 7.53. The quantitative estimate of drug-likeness (QED) is 0.0300. The first-order chi connectivity index (χ1) is 27.7. The Kier molecular flexibility index (Phi) is 11.4. The lowest BCUT2D eigenvalue weighted by Crippen LogP contribution is -2.31. The molecule has 0 aromatic heterocycles. The van der Waals surface area contributed by atoms with Crippen LogP contribution in [0.3, 0.4) is 0 Å². The van der Waals surface area contributed by atoms with Gasteiger partial charge in [0.25, 0.3) is 36.3 Å². The number of fused-ring (bicyclic) bond motifs is 2. The Bertz CT molecular complexity index is 3130. The Labute approximate surface area is 334 Å². The second-order valence-electron chi connectivity index (χ2n) is 12.4. The number of rotatable bonds is 12. The molecule has 6 aromatic carbocycles. The van der Waals surface area contributed by atoms with Gasteiger partial charge < -0.3 is 16.2 Å². The molecule has 0 saturated heterocycles. The third kappa shape index (κ3) is 9.14. The monoisotopic (exact) mass is 860 g/mol. The van der Waals surface area contributed by atoms with Gasteiger partial charge in [0.2, 0.25) is 6.04 Å². The van der Waals surface area contributed by atoms with Gasteiger partial charge in [0.15, 0.2) is 11.5 Å². The van der Waals surface area contributed by atoms with E-state index in [1.54, 1.807) is 30.3 Å². The highest BCUT2D eigenvalue weighted by Crippen LogP contribution is 2.48. The summed E-state index contributed by atoms with van der Waals surface area (Å²) in [6.45, 7) is 1.17. The number of Topliss-reactive ketones (excluding diaryl/α,β-unsaturated/α-hetero) is 1. The molecule has 7 N–H and O–H groups in total. The molecule has 23 heteroatoms. The van der Waals surface area contributed by atoms with Gasteiger partial charge >= 0.3 is 0 Å². The Morgan fingerprint density at radius 2 is 1.15 bits per heavy atom. The van der Waals surface area contributed by atoms with Crippen molar-refractivity contribution in [1.82, 2.24) is 0 Å². The third-order valence-electron chi connectivity index (χ3n) is 8.35. The lowest BCUT2D eigenvalue weighted by molar-refractivity contribution is -0.126. The van der Waals surface area contributed by atoms with Gasteiger partial charge in [0.1, 0.15) is 26.1 Å². The molecule has 0 unspecified atom stereocenters. The van der Waals surface area contributed by atoms with E-state index >= 15 is 0 Å². The fraction of sp³-hybridized carbons (Fsp3) is 0.0556. The zero-order valence-electron chi connectivity index (χ0n) is 29.9. The van der Waals surface area contributed by atoms with Crippen molar-refractivity contribution in [2.75, 3.05) is 11.1 Å². The van der Waals surface area contributed by atoms with Crippen LogP contribution in [-0.4, -0.2) is 61.8 Å². The molecule has 1 atom stereocenters. The Morgan fingerprint density at radius 1 is 0.627 bits per heavy atom. The van der Waals surface area contributed by atoms with E-state index in [0.717, 1.165) is 18.2 Å². The normalized spacial score (nSPS) is 13.2. The number of aromatic hydroxyl groups is 1. The van der Waals surface area contributed by atoms with E-state index < -0.39 is 96.4 Å². The zero-order valence-corrected chi connectivity index (χ0v) is 32.4. The van der Waals surface area contributed by atoms with E-state index in [1.165, 1.54) is 55.5 Å². The maximum absolute atomic E-state index is 12.7. The highest BCUT2D eigenvalue weighted by molar-refractivity contribution is 7.86. The minimum atomic E-state index is -5.24. The molecule has 6 aromatic rings. The topological polar surface area (TPSA) is 330 Å². The van der Waals surface area contributed by atoms with E-state index in [4.69, 9.17) is 5.73 Å². The van der Waals surface area contributed by atoms with Gasteiger partial charge in [-0.15, -0.1) is 15.3 Å². The number of nitrogens with zero attached hydrogens (tertiary/aromatic N) is 6. The van der Waals surface area contributed by atoms with E-state index in [2.05, 4.69) is 36.0 Å². The molecule has 0 heterocycles. The average molecular weight is 861 g/mol. The zero-order chi connectivity index (χ0) is 42.9. The number of ketones is 1. The number of hydrogen-bond acceptors (Lipinski definition) is 16. The minimum absolute atomic E-state index is 0.0189. The van der Waals surface area contributed by atoms with Gasteiger partial charge in [-0.05, 0) is 73.0 Å². The molecule has 20 nitrogen and oxygen atoms in total. The summed E-state index contributed by atoms with van der Waals surface area (Å²) in [6, 6.07) is 21.7. The molecular formula is C36H28N8O12S3. The molecule has 0 bridgehead atoms. The number of hydrogen-bond donors (Lipinski definition) is 6. The number of nitrogens with two attached hydrogens (primary N) is 1. The maximum Gasteiger partial charge on any atom is 0.296 e. The van der Waals surface area contributed by atoms with Gasteiger partial charge in [0, 0.05) is 16.5 Å². The van der Waals surface area contributed by atoms with Crippen LogP contribution in [0, 0.1) is 0 Å². The molecule has 0 aliphatic rings. The molecule has 0 spiro atoms. The van der Waals surface area contributed by atoms with Gasteiger partial charge in [-0.25, -0.2) is 0 Å². The third-order valence-corrected chi connectivity index (χ3v) is 11.0. The molecule has 0 aliphatic carbocycles. The Balaban J connectivity index is 1.39. The van der Waals surface area contributed by atoms with Crippen molar-refractivity contribution >= 4 is 103 Å². The first kappa shape index (κ1) is 41.7. The number of carbonyl (C=O) groups excluding carboxylic acids is 2. The number of para-hydroxylation sites is 1. The number of anilines is 2. The fourth-order valence-corrected chi connectivity index (χ4v) is 7.67. The molecule has 0 fully saturated rings. The summed E-state index contributed by atoms with van der Waals surface area (Å²) >= 11 is 0. The minimum Gasteiger partial charge on any atom is -0.505 e. The van der Waals surface area contributed by atoms with Crippen LogP contribution >= 0.6 is 0 Å². The number of benzene rings is 6. The highest BCUT2D eigenvalue weighted by atomic mass is 32.2. The summed E-state index contributed by atoms with van der Waals surface area (Å²) in [4.78, 5) is 22.3. The van der Waals surface area contributed by atoms with E-state index in [-0.39, 0.29) is 27.8 Å². The van der Waals surface area contributed by atoms with Crippen molar-refractivity contribution in [1.29, 1.82) is 0 Å². The van der Waals surface area contributed by atoms with E-state index in [0.29, 0.717) is 11.8 Å². The summed E-state index contributed by atoms with van der Waals surface area (Å²) < 4.78 is 104. The maximum atomic E-state index is 12.7. The lowest BCUT2D eigenvalue weighted by Gasteiger charge is -2.14. The number of phenols is 1. The first-order valence-electron chi connectivity index (χ1n) is 16.5. The van der Waals surface area contributed by atoms with Crippen molar-refractivity contribution in [3.63, 3.8) is 0 Å². The van der Waals surface area contributed by atoms with Crippen molar-refractivity contribution in [3.8, 4) is 5.75 Å². The lowest BCUT2D eigenvalue weighted by atomic mass is 10.1. The van der Waals surface area contributed by atoms with Crippen molar-refractivity contribution in [3.05, 3.63) is 103 Å². The molecule has 0 aliphatic heterocycles.